The van der Waals surface area contributed by atoms with Gasteiger partial charge in [0.2, 0.25) is 5.91 Å². The Balaban J connectivity index is 2.69. The third-order valence-corrected chi connectivity index (χ3v) is 2.47. The van der Waals surface area contributed by atoms with Crippen LogP contribution in [0.25, 0.3) is 0 Å². The molecule has 0 aliphatic carbocycles. The van der Waals surface area contributed by atoms with E-state index in [4.69, 9.17) is 16.7 Å². The molecule has 1 amide bonds. The largest absolute Gasteiger partial charge is 0.480 e. The normalized spacial score (nSPS) is 11.9. The van der Waals surface area contributed by atoms with Crippen LogP contribution in [0.4, 0.5) is 0 Å². The SMILES string of the molecule is COCC(=O)N[C@H](Cc1cccc(Cl)c1)C(=O)O. The summed E-state index contributed by atoms with van der Waals surface area (Å²) in [7, 11) is 1.37. The Morgan fingerprint density at radius 3 is 2.78 bits per heavy atom. The number of carbonyl (C=O) groups is 2. The standard InChI is InChI=1S/C12H14ClNO4/c1-18-7-11(15)14-10(12(16)17)6-8-3-2-4-9(13)5-8/h2-5,10H,6-7H2,1H3,(H,14,15)(H,16,17)/t10-/m1/s1. The van der Waals surface area contributed by atoms with Gasteiger partial charge >= 0.3 is 5.97 Å². The van der Waals surface area contributed by atoms with E-state index < -0.39 is 17.9 Å². The minimum Gasteiger partial charge on any atom is -0.480 e. The monoisotopic (exact) mass is 271 g/mol. The van der Waals surface area contributed by atoms with E-state index in [9.17, 15) is 9.59 Å². The Labute approximate surface area is 110 Å². The van der Waals surface area contributed by atoms with Crippen molar-refractivity contribution in [2.75, 3.05) is 13.7 Å². The highest BCUT2D eigenvalue weighted by atomic mass is 35.5. The highest BCUT2D eigenvalue weighted by molar-refractivity contribution is 6.30. The first-order chi connectivity index (χ1) is 8.52. The van der Waals surface area contributed by atoms with Crippen LogP contribution in [0.15, 0.2) is 24.3 Å². The number of hydrogen-bond donors (Lipinski definition) is 2. The molecule has 6 heteroatoms. The van der Waals surface area contributed by atoms with Gasteiger partial charge in [-0.25, -0.2) is 4.79 Å². The summed E-state index contributed by atoms with van der Waals surface area (Å²) < 4.78 is 4.63. The molecule has 1 rings (SSSR count). The zero-order valence-electron chi connectivity index (χ0n) is 9.85. The second-order valence-corrected chi connectivity index (χ2v) is 4.16. The smallest absolute Gasteiger partial charge is 0.326 e. The minimum atomic E-state index is -1.10. The van der Waals surface area contributed by atoms with Crippen molar-refractivity contribution < 1.29 is 19.4 Å². The van der Waals surface area contributed by atoms with Crippen LogP contribution in [0.1, 0.15) is 5.56 Å². The fourth-order valence-corrected chi connectivity index (χ4v) is 1.68. The number of halogens is 1. The molecule has 1 aromatic rings. The first-order valence-corrected chi connectivity index (χ1v) is 5.66. The van der Waals surface area contributed by atoms with E-state index in [-0.39, 0.29) is 13.0 Å². The molecule has 0 heterocycles. The van der Waals surface area contributed by atoms with Crippen molar-refractivity contribution in [3.8, 4) is 0 Å². The van der Waals surface area contributed by atoms with Gasteiger partial charge in [-0.1, -0.05) is 23.7 Å². The van der Waals surface area contributed by atoms with Gasteiger partial charge in [0.25, 0.3) is 0 Å². The lowest BCUT2D eigenvalue weighted by molar-refractivity contribution is -0.142. The molecule has 0 fully saturated rings. The van der Waals surface area contributed by atoms with Gasteiger partial charge in [0.1, 0.15) is 12.6 Å². The van der Waals surface area contributed by atoms with Crippen molar-refractivity contribution >= 4 is 23.5 Å². The van der Waals surface area contributed by atoms with Crippen molar-refractivity contribution in [3.05, 3.63) is 34.9 Å². The molecule has 0 unspecified atom stereocenters. The van der Waals surface area contributed by atoms with E-state index in [1.165, 1.54) is 7.11 Å². The molecule has 0 radical (unpaired) electrons. The van der Waals surface area contributed by atoms with Crippen molar-refractivity contribution in [3.63, 3.8) is 0 Å². The van der Waals surface area contributed by atoms with Crippen LogP contribution >= 0.6 is 11.6 Å². The van der Waals surface area contributed by atoms with Gasteiger partial charge in [0, 0.05) is 18.6 Å². The number of rotatable bonds is 6. The first kappa shape index (κ1) is 14.5. The van der Waals surface area contributed by atoms with Crippen LogP contribution in [0.3, 0.4) is 0 Å². The molecule has 5 nitrogen and oxygen atoms in total. The molecular weight excluding hydrogens is 258 g/mol. The van der Waals surface area contributed by atoms with E-state index in [0.29, 0.717) is 5.02 Å². The van der Waals surface area contributed by atoms with Crippen LogP contribution < -0.4 is 5.32 Å². The maximum absolute atomic E-state index is 11.3. The molecule has 0 saturated heterocycles. The zero-order chi connectivity index (χ0) is 13.5. The van der Waals surface area contributed by atoms with Crippen molar-refractivity contribution in [1.29, 1.82) is 0 Å². The van der Waals surface area contributed by atoms with E-state index in [0.717, 1.165) is 5.56 Å². The predicted molar refractivity (Wildman–Crippen MR) is 66.6 cm³/mol. The van der Waals surface area contributed by atoms with Gasteiger partial charge < -0.3 is 15.2 Å². The summed E-state index contributed by atoms with van der Waals surface area (Å²) in [5, 5.41) is 11.9. The molecule has 18 heavy (non-hydrogen) atoms. The number of amides is 1. The topological polar surface area (TPSA) is 75.6 Å². The third-order valence-electron chi connectivity index (χ3n) is 2.24. The summed E-state index contributed by atoms with van der Waals surface area (Å²) >= 11 is 5.81. The summed E-state index contributed by atoms with van der Waals surface area (Å²) in [5.74, 6) is -1.56. The third kappa shape index (κ3) is 4.73. The minimum absolute atomic E-state index is 0.167. The van der Waals surface area contributed by atoms with E-state index in [2.05, 4.69) is 10.1 Å². The average Bonchev–Trinajstić information content (AvgIpc) is 2.28. The van der Waals surface area contributed by atoms with Gasteiger partial charge in [-0.15, -0.1) is 0 Å². The Kier molecular flexibility index (Phi) is 5.61. The Bertz CT molecular complexity index is 436. The number of aliphatic carboxylic acids is 1. The second kappa shape index (κ2) is 6.98. The van der Waals surface area contributed by atoms with E-state index in [1.54, 1.807) is 24.3 Å². The number of methoxy groups -OCH3 is 1. The number of carbonyl (C=O) groups excluding carboxylic acids is 1. The van der Waals surface area contributed by atoms with Crippen molar-refractivity contribution in [2.45, 2.75) is 12.5 Å². The summed E-state index contributed by atoms with van der Waals surface area (Å²) in [6, 6.07) is 5.86. The Morgan fingerprint density at radius 2 is 2.22 bits per heavy atom. The molecule has 0 bridgehead atoms. The summed E-state index contributed by atoms with van der Waals surface area (Å²) in [4.78, 5) is 22.3. The summed E-state index contributed by atoms with van der Waals surface area (Å²) in [5.41, 5.74) is 0.743. The summed E-state index contributed by atoms with van der Waals surface area (Å²) in [6.07, 6.45) is 0.172. The molecule has 0 spiro atoms. The molecule has 1 aromatic carbocycles. The number of hydrogen-bond acceptors (Lipinski definition) is 3. The van der Waals surface area contributed by atoms with Gasteiger partial charge in [0.15, 0.2) is 0 Å². The second-order valence-electron chi connectivity index (χ2n) is 3.73. The molecule has 1 atom stereocenters. The molecule has 2 N–H and O–H groups in total. The fourth-order valence-electron chi connectivity index (χ4n) is 1.47. The molecule has 0 saturated carbocycles. The van der Waals surface area contributed by atoms with Gasteiger partial charge in [-0.05, 0) is 17.7 Å². The number of ether oxygens (including phenoxy) is 1. The van der Waals surface area contributed by atoms with Crippen LogP contribution in [-0.2, 0) is 20.7 Å². The maximum atomic E-state index is 11.3. The lowest BCUT2D eigenvalue weighted by atomic mass is 10.1. The van der Waals surface area contributed by atoms with Crippen molar-refractivity contribution in [1.82, 2.24) is 5.32 Å². The predicted octanol–water partition coefficient (Wildman–Crippen LogP) is 1.10. The zero-order valence-corrected chi connectivity index (χ0v) is 10.6. The number of carboxylic acid groups (broad SMARTS) is 1. The lowest BCUT2D eigenvalue weighted by Gasteiger charge is -2.14. The first-order valence-electron chi connectivity index (χ1n) is 5.28. The fraction of sp³-hybridized carbons (Fsp3) is 0.333. The summed E-state index contributed by atoms with van der Waals surface area (Å²) in [6.45, 7) is -0.167. The van der Waals surface area contributed by atoms with Crippen molar-refractivity contribution in [2.24, 2.45) is 0 Å². The van der Waals surface area contributed by atoms with Gasteiger partial charge in [-0.3, -0.25) is 4.79 Å². The van der Waals surface area contributed by atoms with Crippen LogP contribution in [0.2, 0.25) is 5.02 Å². The van der Waals surface area contributed by atoms with E-state index >= 15 is 0 Å². The number of carboxylic acids is 1. The van der Waals surface area contributed by atoms with E-state index in [1.807, 2.05) is 0 Å². The maximum Gasteiger partial charge on any atom is 0.326 e. The molecule has 98 valence electrons. The molecular formula is C12H14ClNO4. The van der Waals surface area contributed by atoms with Crippen LogP contribution in [0, 0.1) is 0 Å². The highest BCUT2D eigenvalue weighted by Crippen LogP contribution is 2.12. The average molecular weight is 272 g/mol. The molecule has 0 aromatic heterocycles. The van der Waals surface area contributed by atoms with Gasteiger partial charge in [-0.2, -0.15) is 0 Å². The van der Waals surface area contributed by atoms with Crippen LogP contribution in [0.5, 0.6) is 0 Å². The lowest BCUT2D eigenvalue weighted by Crippen LogP contribution is -2.43. The number of nitrogens with one attached hydrogen (secondary N) is 1. The Hall–Kier alpha value is -1.59. The highest BCUT2D eigenvalue weighted by Gasteiger charge is 2.20. The molecule has 0 aliphatic rings. The quantitative estimate of drug-likeness (QED) is 0.812. The molecule has 0 aliphatic heterocycles. The number of benzene rings is 1. The van der Waals surface area contributed by atoms with Gasteiger partial charge in [0.05, 0.1) is 0 Å². The Morgan fingerprint density at radius 1 is 1.50 bits per heavy atom. The van der Waals surface area contributed by atoms with Crippen LogP contribution in [-0.4, -0.2) is 36.7 Å².